The number of benzene rings is 1. The summed E-state index contributed by atoms with van der Waals surface area (Å²) < 4.78 is 5.34. The molecule has 1 atom stereocenters. The Balaban J connectivity index is 2.48. The lowest BCUT2D eigenvalue weighted by molar-refractivity contribution is -0.135. The maximum absolute atomic E-state index is 12.1. The Morgan fingerprint density at radius 1 is 1.32 bits per heavy atom. The van der Waals surface area contributed by atoms with Gasteiger partial charge in [0.25, 0.3) is 0 Å². The lowest BCUT2D eigenvalue weighted by Crippen LogP contribution is -2.44. The van der Waals surface area contributed by atoms with E-state index < -0.39 is 11.6 Å². The van der Waals surface area contributed by atoms with Crippen molar-refractivity contribution in [1.29, 1.82) is 0 Å². The topological polar surface area (TPSA) is 43.4 Å². The van der Waals surface area contributed by atoms with Crippen LogP contribution in [0.15, 0.2) is 18.2 Å². The molecule has 1 aromatic carbocycles. The van der Waals surface area contributed by atoms with E-state index in [0.717, 1.165) is 11.1 Å². The van der Waals surface area contributed by atoms with Gasteiger partial charge >= 0.3 is 5.97 Å². The molecule has 1 aromatic rings. The summed E-state index contributed by atoms with van der Waals surface area (Å²) in [5.74, 6) is -0.517. The first-order valence-electron chi connectivity index (χ1n) is 6.51. The maximum atomic E-state index is 12.1. The van der Waals surface area contributed by atoms with Crippen molar-refractivity contribution >= 4 is 11.8 Å². The van der Waals surface area contributed by atoms with E-state index in [9.17, 15) is 9.59 Å². The van der Waals surface area contributed by atoms with Crippen LogP contribution in [0.25, 0.3) is 0 Å². The summed E-state index contributed by atoms with van der Waals surface area (Å²) in [6.45, 7) is 9.43. The number of esters is 1. The zero-order chi connectivity index (χ0) is 14.4. The number of ketones is 1. The van der Waals surface area contributed by atoms with Gasteiger partial charge in [0.15, 0.2) is 11.4 Å². The van der Waals surface area contributed by atoms with Gasteiger partial charge < -0.3 is 4.74 Å². The van der Waals surface area contributed by atoms with Crippen LogP contribution in [0.5, 0.6) is 0 Å². The molecule has 0 saturated heterocycles. The summed E-state index contributed by atoms with van der Waals surface area (Å²) in [5.41, 5.74) is 1.53. The molecule has 0 aromatic heterocycles. The van der Waals surface area contributed by atoms with Crippen LogP contribution in [0.3, 0.4) is 0 Å². The largest absolute Gasteiger partial charge is 0.447 e. The molecule has 0 radical (unpaired) electrons. The van der Waals surface area contributed by atoms with Crippen molar-refractivity contribution in [1.82, 2.24) is 0 Å². The molecular weight excluding hydrogens is 240 g/mol. The molecule has 3 heteroatoms. The highest BCUT2D eigenvalue weighted by atomic mass is 16.6. The van der Waals surface area contributed by atoms with Crippen LogP contribution in [0.1, 0.15) is 56.1 Å². The van der Waals surface area contributed by atoms with Gasteiger partial charge in [-0.3, -0.25) is 4.79 Å². The Morgan fingerprint density at radius 3 is 2.47 bits per heavy atom. The summed E-state index contributed by atoms with van der Waals surface area (Å²) in [5, 5.41) is 0. The van der Waals surface area contributed by atoms with E-state index in [1.54, 1.807) is 6.92 Å². The molecule has 1 aliphatic rings. The molecule has 3 nitrogen and oxygen atoms in total. The highest BCUT2D eigenvalue weighted by Crippen LogP contribution is 2.32. The minimum atomic E-state index is -1.02. The van der Waals surface area contributed by atoms with Crippen molar-refractivity contribution in [2.24, 2.45) is 0 Å². The molecule has 1 heterocycles. The average Bonchev–Trinajstić information content (AvgIpc) is 2.26. The number of fused-ring (bicyclic) bond motifs is 1. The van der Waals surface area contributed by atoms with Gasteiger partial charge in [0.2, 0.25) is 0 Å². The van der Waals surface area contributed by atoms with Crippen LogP contribution in [-0.4, -0.2) is 17.4 Å². The Hall–Kier alpha value is -1.64. The average molecular weight is 260 g/mol. The zero-order valence-electron chi connectivity index (χ0n) is 12.2. The second-order valence-corrected chi connectivity index (χ2v) is 6.48. The van der Waals surface area contributed by atoms with E-state index in [4.69, 9.17) is 4.74 Å². The SMILES string of the molecule is CC(=O)C1(C)Cc2ccc(C(C)(C)C)cc2C(=O)O1. The number of ether oxygens (including phenoxy) is 1. The number of carbonyl (C=O) groups is 2. The summed E-state index contributed by atoms with van der Waals surface area (Å²) >= 11 is 0. The number of cyclic esters (lactones) is 1. The van der Waals surface area contributed by atoms with E-state index in [-0.39, 0.29) is 11.2 Å². The lowest BCUT2D eigenvalue weighted by Gasteiger charge is -2.33. The van der Waals surface area contributed by atoms with Crippen LogP contribution in [0.2, 0.25) is 0 Å². The molecule has 0 aliphatic carbocycles. The van der Waals surface area contributed by atoms with Crippen molar-refractivity contribution in [3.8, 4) is 0 Å². The van der Waals surface area contributed by atoms with Gasteiger partial charge in [-0.25, -0.2) is 4.79 Å². The summed E-state index contributed by atoms with van der Waals surface area (Å²) in [4.78, 5) is 23.7. The van der Waals surface area contributed by atoms with Gasteiger partial charge in [-0.15, -0.1) is 0 Å². The molecule has 0 saturated carbocycles. The molecule has 0 N–H and O–H groups in total. The van der Waals surface area contributed by atoms with E-state index in [1.165, 1.54) is 6.92 Å². The summed E-state index contributed by atoms with van der Waals surface area (Å²) in [6, 6.07) is 5.85. The molecule has 2 rings (SSSR count). The van der Waals surface area contributed by atoms with E-state index in [0.29, 0.717) is 12.0 Å². The molecule has 0 fully saturated rings. The normalized spacial score (nSPS) is 22.7. The number of Topliss-reactive ketones (excluding diaryl/α,β-unsaturated/α-hetero) is 1. The van der Waals surface area contributed by atoms with Crippen LogP contribution in [-0.2, 0) is 21.4 Å². The third kappa shape index (κ3) is 2.42. The van der Waals surface area contributed by atoms with Gasteiger partial charge in [0.1, 0.15) is 0 Å². The predicted octanol–water partition coefficient (Wildman–Crippen LogP) is 3.04. The predicted molar refractivity (Wildman–Crippen MR) is 73.3 cm³/mol. The highest BCUT2D eigenvalue weighted by Gasteiger charge is 2.40. The molecule has 0 spiro atoms. The first kappa shape index (κ1) is 13.8. The van der Waals surface area contributed by atoms with Crippen molar-refractivity contribution in [2.75, 3.05) is 0 Å². The lowest BCUT2D eigenvalue weighted by atomic mass is 9.82. The Bertz CT molecular complexity index is 552. The first-order valence-corrected chi connectivity index (χ1v) is 6.51. The zero-order valence-corrected chi connectivity index (χ0v) is 12.2. The van der Waals surface area contributed by atoms with Gasteiger partial charge in [-0.05, 0) is 36.5 Å². The van der Waals surface area contributed by atoms with Crippen LogP contribution in [0, 0.1) is 0 Å². The minimum absolute atomic E-state index is 0.0172. The van der Waals surface area contributed by atoms with Crippen molar-refractivity contribution in [3.05, 3.63) is 34.9 Å². The molecular formula is C16H20O3. The second-order valence-electron chi connectivity index (χ2n) is 6.48. The molecule has 19 heavy (non-hydrogen) atoms. The number of hydrogen-bond donors (Lipinski definition) is 0. The molecule has 0 bridgehead atoms. The van der Waals surface area contributed by atoms with Crippen molar-refractivity contribution in [2.45, 2.75) is 52.1 Å². The van der Waals surface area contributed by atoms with Crippen LogP contribution >= 0.6 is 0 Å². The molecule has 102 valence electrons. The van der Waals surface area contributed by atoms with Gasteiger partial charge in [0.05, 0.1) is 5.56 Å². The summed E-state index contributed by atoms with van der Waals surface area (Å²) in [7, 11) is 0. The fraction of sp³-hybridized carbons (Fsp3) is 0.500. The standard InChI is InChI=1S/C16H20O3/c1-10(17)16(5)9-11-6-7-12(15(2,3)4)8-13(11)14(18)19-16/h6-8H,9H2,1-5H3. The Morgan fingerprint density at radius 2 is 1.95 bits per heavy atom. The highest BCUT2D eigenvalue weighted by molar-refractivity contribution is 5.97. The van der Waals surface area contributed by atoms with Crippen LogP contribution < -0.4 is 0 Å². The number of carbonyl (C=O) groups excluding carboxylic acids is 2. The van der Waals surface area contributed by atoms with Gasteiger partial charge in [0, 0.05) is 6.42 Å². The number of hydrogen-bond acceptors (Lipinski definition) is 3. The van der Waals surface area contributed by atoms with E-state index >= 15 is 0 Å². The third-order valence-electron chi connectivity index (χ3n) is 3.79. The Kier molecular flexibility index (Phi) is 3.04. The first-order chi connectivity index (χ1) is 8.63. The van der Waals surface area contributed by atoms with Gasteiger partial charge in [-0.2, -0.15) is 0 Å². The molecule has 1 aliphatic heterocycles. The van der Waals surface area contributed by atoms with Crippen LogP contribution in [0.4, 0.5) is 0 Å². The number of rotatable bonds is 1. The molecule has 1 unspecified atom stereocenters. The quantitative estimate of drug-likeness (QED) is 0.729. The van der Waals surface area contributed by atoms with E-state index in [1.807, 2.05) is 18.2 Å². The van der Waals surface area contributed by atoms with Gasteiger partial charge in [-0.1, -0.05) is 32.9 Å². The minimum Gasteiger partial charge on any atom is -0.447 e. The third-order valence-corrected chi connectivity index (χ3v) is 3.79. The van der Waals surface area contributed by atoms with Crippen molar-refractivity contribution in [3.63, 3.8) is 0 Å². The monoisotopic (exact) mass is 260 g/mol. The fourth-order valence-electron chi connectivity index (χ4n) is 2.24. The fourth-order valence-corrected chi connectivity index (χ4v) is 2.24. The maximum Gasteiger partial charge on any atom is 0.339 e. The van der Waals surface area contributed by atoms with Crippen molar-refractivity contribution < 1.29 is 14.3 Å². The van der Waals surface area contributed by atoms with E-state index in [2.05, 4.69) is 20.8 Å². The smallest absolute Gasteiger partial charge is 0.339 e. The Labute approximate surface area is 114 Å². The molecule has 0 amide bonds. The second kappa shape index (κ2) is 4.19. The summed E-state index contributed by atoms with van der Waals surface area (Å²) in [6.07, 6.45) is 0.452.